The Morgan fingerprint density at radius 2 is 1.88 bits per heavy atom. The number of halogens is 1. The number of hydrogen-bond acceptors (Lipinski definition) is 4. The van der Waals surface area contributed by atoms with Crippen molar-refractivity contribution in [2.75, 3.05) is 13.2 Å². The van der Waals surface area contributed by atoms with E-state index in [4.69, 9.17) is 9.05 Å². The van der Waals surface area contributed by atoms with Crippen LogP contribution >= 0.6 is 7.60 Å². The summed E-state index contributed by atoms with van der Waals surface area (Å²) in [7, 11) is -3.90. The van der Waals surface area contributed by atoms with Gasteiger partial charge < -0.3 is 14.2 Å². The van der Waals surface area contributed by atoms with E-state index in [1.54, 1.807) is 27.7 Å². The predicted octanol–water partition coefficient (Wildman–Crippen LogP) is 3.24. The number of hydrogen-bond donors (Lipinski definition) is 1. The third-order valence-electron chi connectivity index (χ3n) is 1.89. The first-order valence-corrected chi connectivity index (χ1v) is 7.11. The van der Waals surface area contributed by atoms with Crippen molar-refractivity contribution in [1.29, 1.82) is 0 Å². The summed E-state index contributed by atoms with van der Waals surface area (Å²) in [6, 6.07) is 0. The molecule has 0 aliphatic carbocycles. The largest absolute Gasteiger partial charge is 0.397 e. The Kier molecular flexibility index (Phi) is 7.60. The zero-order valence-corrected chi connectivity index (χ0v) is 11.5. The Balaban J connectivity index is 5.01. The average molecular weight is 266 g/mol. The van der Waals surface area contributed by atoms with Gasteiger partial charge in [-0.1, -0.05) is 19.6 Å². The summed E-state index contributed by atoms with van der Waals surface area (Å²) in [5.74, 6) is -0.0751. The Hall–Kier alpha value is -0.440. The lowest BCUT2D eigenvalue weighted by Gasteiger charge is -2.13. The van der Waals surface area contributed by atoms with Crippen LogP contribution in [0.1, 0.15) is 27.7 Å². The molecule has 0 saturated carbocycles. The highest BCUT2D eigenvalue weighted by molar-refractivity contribution is 7.58. The second kappa shape index (κ2) is 7.80. The molecule has 0 bridgehead atoms. The van der Waals surface area contributed by atoms with E-state index in [-0.39, 0.29) is 19.1 Å². The van der Waals surface area contributed by atoms with Crippen molar-refractivity contribution < 1.29 is 23.1 Å². The first-order chi connectivity index (χ1) is 7.87. The van der Waals surface area contributed by atoms with E-state index in [1.807, 2.05) is 0 Å². The standard InChI is InChI=1S/C11H20FO4P/c1-5-15-17(14,16-6-2)11(12)8-7-10(13)9(3)4/h7,9-10,13H,5-6H2,1-4H3. The van der Waals surface area contributed by atoms with E-state index in [0.717, 1.165) is 6.08 Å². The molecule has 0 spiro atoms. The highest BCUT2D eigenvalue weighted by Gasteiger charge is 2.30. The van der Waals surface area contributed by atoms with Crippen LogP contribution in [0.5, 0.6) is 0 Å². The zero-order valence-electron chi connectivity index (χ0n) is 10.6. The molecule has 4 nitrogen and oxygen atoms in total. The molecule has 0 radical (unpaired) electrons. The molecule has 0 rings (SSSR count). The molecule has 6 heteroatoms. The maximum Gasteiger partial charge on any atom is 0.397 e. The lowest BCUT2D eigenvalue weighted by atomic mass is 10.1. The van der Waals surface area contributed by atoms with Crippen LogP contribution in [0.4, 0.5) is 4.39 Å². The summed E-state index contributed by atoms with van der Waals surface area (Å²) < 4.78 is 35.0. The van der Waals surface area contributed by atoms with E-state index >= 15 is 0 Å². The smallest absolute Gasteiger partial charge is 0.388 e. The lowest BCUT2D eigenvalue weighted by molar-refractivity contribution is 0.172. The number of rotatable bonds is 7. The third-order valence-corrected chi connectivity index (χ3v) is 3.70. The third kappa shape index (κ3) is 5.62. The van der Waals surface area contributed by atoms with Crippen molar-refractivity contribution in [3.8, 4) is 0 Å². The molecular weight excluding hydrogens is 246 g/mol. The molecule has 0 amide bonds. The minimum absolute atomic E-state index is 0.0686. The van der Waals surface area contributed by atoms with E-state index in [9.17, 15) is 14.1 Å². The summed E-state index contributed by atoms with van der Waals surface area (Å²) >= 11 is 0. The molecule has 0 fully saturated rings. The molecule has 0 saturated heterocycles. The molecule has 1 atom stereocenters. The molecular formula is C11H20FO4P. The summed E-state index contributed by atoms with van der Waals surface area (Å²) in [6.07, 6.45) is 0.266. The van der Waals surface area contributed by atoms with Crippen LogP contribution in [-0.2, 0) is 13.6 Å². The van der Waals surface area contributed by atoms with Crippen LogP contribution in [0.3, 0.4) is 0 Å². The van der Waals surface area contributed by atoms with Gasteiger partial charge in [0.1, 0.15) is 0 Å². The van der Waals surface area contributed by atoms with Crippen molar-refractivity contribution in [3.05, 3.63) is 17.4 Å². The molecule has 0 heterocycles. The summed E-state index contributed by atoms with van der Waals surface area (Å²) in [4.78, 5) is 0. The van der Waals surface area contributed by atoms with Crippen LogP contribution in [0.15, 0.2) is 17.4 Å². The van der Waals surface area contributed by atoms with Gasteiger partial charge in [-0.15, -0.1) is 0 Å². The van der Waals surface area contributed by atoms with Crippen LogP contribution in [0.2, 0.25) is 0 Å². The van der Waals surface area contributed by atoms with Crippen LogP contribution in [0, 0.1) is 5.92 Å². The minimum atomic E-state index is -3.90. The van der Waals surface area contributed by atoms with Gasteiger partial charge in [0, 0.05) is 0 Å². The summed E-state index contributed by atoms with van der Waals surface area (Å²) in [6.45, 7) is 6.85. The second-order valence-corrected chi connectivity index (χ2v) is 5.57. The predicted molar refractivity (Wildman–Crippen MR) is 64.4 cm³/mol. The Morgan fingerprint density at radius 3 is 2.24 bits per heavy atom. The Morgan fingerprint density at radius 1 is 1.41 bits per heavy atom. The molecule has 0 aliphatic rings. The average Bonchev–Trinajstić information content (AvgIpc) is 2.25. The van der Waals surface area contributed by atoms with Crippen LogP contribution in [0.25, 0.3) is 0 Å². The highest BCUT2D eigenvalue weighted by Crippen LogP contribution is 2.56. The van der Waals surface area contributed by atoms with Crippen molar-refractivity contribution in [2.24, 2.45) is 5.92 Å². The zero-order chi connectivity index (χ0) is 13.5. The maximum absolute atomic E-state index is 13.6. The van der Waals surface area contributed by atoms with Gasteiger partial charge in [-0.25, -0.2) is 0 Å². The molecule has 17 heavy (non-hydrogen) atoms. The molecule has 0 aromatic rings. The van der Waals surface area contributed by atoms with Crippen molar-refractivity contribution in [1.82, 2.24) is 0 Å². The van der Waals surface area contributed by atoms with Crippen molar-refractivity contribution >= 4 is 7.60 Å². The Labute approximate surface area is 102 Å². The van der Waals surface area contributed by atoms with Gasteiger partial charge in [0.2, 0.25) is 0 Å². The first kappa shape index (κ1) is 16.6. The van der Waals surface area contributed by atoms with Gasteiger partial charge >= 0.3 is 7.60 Å². The van der Waals surface area contributed by atoms with Gasteiger partial charge in [-0.2, -0.15) is 4.39 Å². The van der Waals surface area contributed by atoms with Crippen molar-refractivity contribution in [3.63, 3.8) is 0 Å². The normalized spacial score (nSPS) is 13.4. The second-order valence-electron chi connectivity index (χ2n) is 3.67. The fraction of sp³-hybridized carbons (Fsp3) is 0.727. The van der Waals surface area contributed by atoms with E-state index < -0.39 is 19.3 Å². The molecule has 0 aromatic heterocycles. The molecule has 0 aliphatic heterocycles. The van der Waals surface area contributed by atoms with Crippen LogP contribution < -0.4 is 0 Å². The molecule has 100 valence electrons. The van der Waals surface area contributed by atoms with E-state index in [2.05, 4.69) is 5.73 Å². The van der Waals surface area contributed by atoms with E-state index in [0.29, 0.717) is 0 Å². The topological polar surface area (TPSA) is 55.8 Å². The Bertz CT molecular complexity index is 324. The summed E-state index contributed by atoms with van der Waals surface area (Å²) in [5, 5.41) is 9.43. The molecule has 1 N–H and O–H groups in total. The fourth-order valence-electron chi connectivity index (χ4n) is 0.916. The van der Waals surface area contributed by atoms with Gasteiger partial charge in [-0.3, -0.25) is 4.57 Å². The SMILES string of the molecule is CCOP(=O)(OCC)C(F)=C=CC(O)C(C)C. The highest BCUT2D eigenvalue weighted by atomic mass is 31.2. The number of aliphatic hydroxyl groups excluding tert-OH is 1. The molecule has 0 aromatic carbocycles. The minimum Gasteiger partial charge on any atom is -0.388 e. The van der Waals surface area contributed by atoms with Gasteiger partial charge in [-0.05, 0) is 25.8 Å². The van der Waals surface area contributed by atoms with E-state index in [1.165, 1.54) is 0 Å². The monoisotopic (exact) mass is 266 g/mol. The van der Waals surface area contributed by atoms with Crippen LogP contribution in [-0.4, -0.2) is 24.4 Å². The fourth-order valence-corrected chi connectivity index (χ4v) is 2.13. The van der Waals surface area contributed by atoms with Gasteiger partial charge in [0.15, 0.2) is 0 Å². The van der Waals surface area contributed by atoms with Crippen molar-refractivity contribution in [2.45, 2.75) is 33.8 Å². The lowest BCUT2D eigenvalue weighted by Crippen LogP contribution is -2.10. The maximum atomic E-state index is 13.6. The van der Waals surface area contributed by atoms with Gasteiger partial charge in [0.25, 0.3) is 5.57 Å². The summed E-state index contributed by atoms with van der Waals surface area (Å²) in [5.41, 5.74) is 1.03. The quantitative estimate of drug-likeness (QED) is 0.567. The number of aliphatic hydroxyl groups is 1. The molecule has 1 unspecified atom stereocenters. The van der Waals surface area contributed by atoms with Gasteiger partial charge in [0.05, 0.1) is 19.3 Å². The first-order valence-electron chi connectivity index (χ1n) is 5.57.